The molecule has 186 valence electrons. The van der Waals surface area contributed by atoms with Crippen LogP contribution in [0.25, 0.3) is 10.8 Å². The maximum Gasteiger partial charge on any atom is 0.573 e. The Labute approximate surface area is 207 Å². The van der Waals surface area contributed by atoms with Gasteiger partial charge in [0.2, 0.25) is 0 Å². The first-order valence-electron chi connectivity index (χ1n) is 11.8. The number of fused-ring (bicyclic) bond motifs is 1. The van der Waals surface area contributed by atoms with E-state index < -0.39 is 6.36 Å². The van der Waals surface area contributed by atoms with Crippen molar-refractivity contribution in [2.75, 3.05) is 0 Å². The van der Waals surface area contributed by atoms with E-state index in [0.717, 1.165) is 47.2 Å². The normalized spacial score (nSPS) is 11.6. The van der Waals surface area contributed by atoms with Gasteiger partial charge in [-0.1, -0.05) is 48.5 Å². The second-order valence-electron chi connectivity index (χ2n) is 8.62. The molecular weight excluding hydrogens is 468 g/mol. The molecule has 3 nitrogen and oxygen atoms in total. The predicted octanol–water partition coefficient (Wildman–Crippen LogP) is 7.36. The van der Waals surface area contributed by atoms with Crippen molar-refractivity contribution in [2.45, 2.75) is 44.9 Å². The van der Waals surface area contributed by atoms with Gasteiger partial charge in [-0.25, -0.2) is 14.4 Å². The Morgan fingerprint density at radius 3 is 2.17 bits per heavy atom. The predicted molar refractivity (Wildman–Crippen MR) is 132 cm³/mol. The van der Waals surface area contributed by atoms with Gasteiger partial charge in [-0.15, -0.1) is 19.8 Å². The summed E-state index contributed by atoms with van der Waals surface area (Å²) in [6.45, 7) is 3.72. The van der Waals surface area contributed by atoms with Crippen LogP contribution in [0.15, 0.2) is 79.6 Å². The average molecular weight is 495 g/mol. The first-order chi connectivity index (χ1) is 17.3. The molecule has 0 spiro atoms. The van der Waals surface area contributed by atoms with Gasteiger partial charge in [0.25, 0.3) is 0 Å². The Hall–Kier alpha value is -3.74. The van der Waals surface area contributed by atoms with Crippen molar-refractivity contribution < 1.29 is 22.3 Å². The summed E-state index contributed by atoms with van der Waals surface area (Å²) in [7, 11) is 0. The maximum absolute atomic E-state index is 15.2. The van der Waals surface area contributed by atoms with Crippen LogP contribution in [0.4, 0.5) is 17.6 Å². The molecule has 36 heavy (non-hydrogen) atoms. The van der Waals surface area contributed by atoms with Crippen LogP contribution in [-0.4, -0.2) is 16.3 Å². The quantitative estimate of drug-likeness (QED) is 0.171. The van der Waals surface area contributed by atoms with Crippen molar-refractivity contribution in [3.8, 4) is 5.75 Å². The molecule has 1 aromatic heterocycles. The van der Waals surface area contributed by atoms with Crippen molar-refractivity contribution in [1.29, 1.82) is 0 Å². The molecule has 0 unspecified atom stereocenters. The second-order valence-corrected chi connectivity index (χ2v) is 8.62. The van der Waals surface area contributed by atoms with Crippen LogP contribution in [0, 0.1) is 5.82 Å². The molecule has 0 aliphatic rings. The van der Waals surface area contributed by atoms with E-state index in [4.69, 9.17) is 0 Å². The Morgan fingerprint density at radius 2 is 1.47 bits per heavy atom. The molecule has 4 aromatic rings. The van der Waals surface area contributed by atoms with Crippen molar-refractivity contribution >= 4 is 10.8 Å². The van der Waals surface area contributed by atoms with Gasteiger partial charge in [0.05, 0.1) is 0 Å². The summed E-state index contributed by atoms with van der Waals surface area (Å²) in [6.07, 6.45) is 5.01. The minimum absolute atomic E-state index is 0.269. The SMILES string of the molecule is C=CCCc1cnc(CCc2ccc3c(F)c(CCc4ccc(OC(F)(F)F)cc4)ccc3c2)nc1. The van der Waals surface area contributed by atoms with Crippen molar-refractivity contribution in [3.05, 3.63) is 114 Å². The number of allylic oxidation sites excluding steroid dienone is 1. The summed E-state index contributed by atoms with van der Waals surface area (Å²) in [4.78, 5) is 8.88. The van der Waals surface area contributed by atoms with Crippen LogP contribution in [0.1, 0.15) is 34.5 Å². The number of hydrogen-bond donors (Lipinski definition) is 0. The van der Waals surface area contributed by atoms with Crippen LogP contribution in [0.3, 0.4) is 0 Å². The second kappa shape index (κ2) is 11.3. The summed E-state index contributed by atoms with van der Waals surface area (Å²) in [5, 5.41) is 1.37. The zero-order valence-corrected chi connectivity index (χ0v) is 19.7. The third-order valence-electron chi connectivity index (χ3n) is 5.97. The average Bonchev–Trinajstić information content (AvgIpc) is 2.86. The monoisotopic (exact) mass is 494 g/mol. The lowest BCUT2D eigenvalue weighted by atomic mass is 9.98. The Kier molecular flexibility index (Phi) is 7.98. The third-order valence-corrected chi connectivity index (χ3v) is 5.97. The van der Waals surface area contributed by atoms with Crippen LogP contribution >= 0.6 is 0 Å². The van der Waals surface area contributed by atoms with Gasteiger partial charge < -0.3 is 4.74 Å². The molecule has 0 fully saturated rings. The third kappa shape index (κ3) is 6.90. The number of ether oxygens (including phenoxy) is 1. The summed E-state index contributed by atoms with van der Waals surface area (Å²) in [6, 6.07) is 15.0. The number of alkyl halides is 3. The highest BCUT2D eigenvalue weighted by atomic mass is 19.4. The smallest absolute Gasteiger partial charge is 0.406 e. The standard InChI is InChI=1S/C29H26F4N2O/c1-2-3-4-22-18-34-27(35-19-22)16-9-21-8-15-26-24(17-21)12-11-23(28(26)30)10-5-20-6-13-25(14-7-20)36-29(31,32)33/h2,6-8,11-15,17-19H,1,3-5,9-10,16H2. The molecule has 0 bridgehead atoms. The molecule has 3 aromatic carbocycles. The van der Waals surface area contributed by atoms with E-state index in [0.29, 0.717) is 30.2 Å². The van der Waals surface area contributed by atoms with Crippen molar-refractivity contribution in [2.24, 2.45) is 0 Å². The van der Waals surface area contributed by atoms with Gasteiger partial charge in [0.15, 0.2) is 0 Å². The molecule has 4 rings (SSSR count). The summed E-state index contributed by atoms with van der Waals surface area (Å²) in [5.74, 6) is 0.234. The number of halogens is 4. The molecule has 0 N–H and O–H groups in total. The van der Waals surface area contributed by atoms with Gasteiger partial charge in [-0.2, -0.15) is 0 Å². The van der Waals surface area contributed by atoms with Gasteiger partial charge in [0.1, 0.15) is 17.4 Å². The van der Waals surface area contributed by atoms with E-state index >= 15 is 4.39 Å². The molecule has 7 heteroatoms. The number of benzene rings is 3. The van der Waals surface area contributed by atoms with Crippen LogP contribution in [0.2, 0.25) is 0 Å². The number of nitrogens with zero attached hydrogens (tertiary/aromatic N) is 2. The zero-order valence-electron chi connectivity index (χ0n) is 19.7. The Morgan fingerprint density at radius 1 is 0.778 bits per heavy atom. The van der Waals surface area contributed by atoms with E-state index in [1.165, 1.54) is 12.1 Å². The van der Waals surface area contributed by atoms with Crippen LogP contribution in [-0.2, 0) is 32.1 Å². The molecule has 0 saturated carbocycles. The number of aryl methyl sites for hydroxylation is 5. The number of hydrogen-bond acceptors (Lipinski definition) is 3. The molecule has 0 amide bonds. The maximum atomic E-state index is 15.2. The summed E-state index contributed by atoms with van der Waals surface area (Å²) >= 11 is 0. The van der Waals surface area contributed by atoms with Crippen LogP contribution < -0.4 is 4.74 Å². The van der Waals surface area contributed by atoms with Gasteiger partial charge >= 0.3 is 6.36 Å². The molecular formula is C29H26F4N2O. The molecule has 0 radical (unpaired) electrons. The fourth-order valence-electron chi connectivity index (χ4n) is 4.04. The largest absolute Gasteiger partial charge is 0.573 e. The Balaban J connectivity index is 1.37. The van der Waals surface area contributed by atoms with Crippen molar-refractivity contribution in [3.63, 3.8) is 0 Å². The molecule has 0 saturated heterocycles. The number of aromatic nitrogens is 2. The van der Waals surface area contributed by atoms with E-state index in [2.05, 4.69) is 21.3 Å². The molecule has 0 aliphatic carbocycles. The lowest BCUT2D eigenvalue weighted by molar-refractivity contribution is -0.274. The lowest BCUT2D eigenvalue weighted by Crippen LogP contribution is -2.17. The van der Waals surface area contributed by atoms with Gasteiger partial charge in [-0.3, -0.25) is 0 Å². The van der Waals surface area contributed by atoms with E-state index in [1.807, 2.05) is 36.7 Å². The van der Waals surface area contributed by atoms with E-state index in [9.17, 15) is 13.2 Å². The molecule has 0 atom stereocenters. The first kappa shape index (κ1) is 25.4. The lowest BCUT2D eigenvalue weighted by Gasteiger charge is -2.10. The Bertz CT molecular complexity index is 1320. The molecule has 1 heterocycles. The van der Waals surface area contributed by atoms with E-state index in [1.54, 1.807) is 24.3 Å². The van der Waals surface area contributed by atoms with Gasteiger partial charge in [-0.05, 0) is 71.9 Å². The highest BCUT2D eigenvalue weighted by Gasteiger charge is 2.30. The molecule has 0 aliphatic heterocycles. The summed E-state index contributed by atoms with van der Waals surface area (Å²) < 4.78 is 56.0. The zero-order chi connectivity index (χ0) is 25.5. The highest BCUT2D eigenvalue weighted by Crippen LogP contribution is 2.26. The highest BCUT2D eigenvalue weighted by molar-refractivity contribution is 5.84. The number of rotatable bonds is 10. The summed E-state index contributed by atoms with van der Waals surface area (Å²) in [5.41, 5.74) is 3.53. The minimum Gasteiger partial charge on any atom is -0.406 e. The van der Waals surface area contributed by atoms with Crippen molar-refractivity contribution in [1.82, 2.24) is 9.97 Å². The minimum atomic E-state index is -4.72. The van der Waals surface area contributed by atoms with E-state index in [-0.39, 0.29) is 11.6 Å². The fraction of sp³-hybridized carbons (Fsp3) is 0.241. The topological polar surface area (TPSA) is 35.0 Å². The fourth-order valence-corrected chi connectivity index (χ4v) is 4.04. The van der Waals surface area contributed by atoms with Gasteiger partial charge in [0, 0.05) is 24.2 Å². The van der Waals surface area contributed by atoms with Crippen LogP contribution in [0.5, 0.6) is 5.75 Å². The first-order valence-corrected chi connectivity index (χ1v) is 11.8.